The fourth-order valence-corrected chi connectivity index (χ4v) is 2.66. The Morgan fingerprint density at radius 2 is 2.04 bits per heavy atom. The molecular weight excluding hydrogens is 290 g/mol. The predicted octanol–water partition coefficient (Wildman–Crippen LogP) is 2.92. The minimum atomic E-state index is -0.100. The van der Waals surface area contributed by atoms with E-state index in [9.17, 15) is 4.79 Å². The standard InChI is InChI=1S/C19H21NO3/c1-15-6-5-9-17(12-15)23-14-18-13-20(10-11-22-18)19(21)16-7-3-2-4-8-16/h2-9,12,18H,10-11,13-14H2,1H3. The number of aryl methyl sites for hydroxylation is 1. The average molecular weight is 311 g/mol. The summed E-state index contributed by atoms with van der Waals surface area (Å²) in [4.78, 5) is 14.3. The molecule has 0 radical (unpaired) electrons. The van der Waals surface area contributed by atoms with E-state index >= 15 is 0 Å². The van der Waals surface area contributed by atoms with Crippen LogP contribution in [-0.2, 0) is 4.74 Å². The molecule has 0 saturated carbocycles. The summed E-state index contributed by atoms with van der Waals surface area (Å²) in [6.07, 6.45) is -0.100. The van der Waals surface area contributed by atoms with Crippen LogP contribution in [0.3, 0.4) is 0 Å². The van der Waals surface area contributed by atoms with Gasteiger partial charge in [-0.1, -0.05) is 30.3 Å². The summed E-state index contributed by atoms with van der Waals surface area (Å²) in [7, 11) is 0. The number of hydrogen-bond acceptors (Lipinski definition) is 3. The summed E-state index contributed by atoms with van der Waals surface area (Å²) >= 11 is 0. The quantitative estimate of drug-likeness (QED) is 0.871. The lowest BCUT2D eigenvalue weighted by molar-refractivity contribution is -0.0401. The van der Waals surface area contributed by atoms with E-state index in [1.165, 1.54) is 0 Å². The normalized spacial score (nSPS) is 17.8. The minimum Gasteiger partial charge on any atom is -0.491 e. The van der Waals surface area contributed by atoms with Gasteiger partial charge in [0.15, 0.2) is 0 Å². The molecule has 0 aromatic heterocycles. The highest BCUT2D eigenvalue weighted by Crippen LogP contribution is 2.15. The van der Waals surface area contributed by atoms with Crippen LogP contribution < -0.4 is 4.74 Å². The van der Waals surface area contributed by atoms with Crippen LogP contribution in [0.5, 0.6) is 5.75 Å². The number of amides is 1. The first-order valence-corrected chi connectivity index (χ1v) is 7.88. The molecule has 2 aromatic rings. The van der Waals surface area contributed by atoms with Crippen molar-refractivity contribution in [1.82, 2.24) is 4.90 Å². The van der Waals surface area contributed by atoms with E-state index in [1.54, 1.807) is 0 Å². The van der Waals surface area contributed by atoms with Gasteiger partial charge in [0.25, 0.3) is 5.91 Å². The van der Waals surface area contributed by atoms with Crippen molar-refractivity contribution < 1.29 is 14.3 Å². The van der Waals surface area contributed by atoms with Gasteiger partial charge in [0.1, 0.15) is 18.5 Å². The first-order chi connectivity index (χ1) is 11.2. The first kappa shape index (κ1) is 15.6. The Balaban J connectivity index is 1.57. The van der Waals surface area contributed by atoms with E-state index in [1.807, 2.05) is 66.4 Å². The van der Waals surface area contributed by atoms with E-state index < -0.39 is 0 Å². The first-order valence-electron chi connectivity index (χ1n) is 7.88. The van der Waals surface area contributed by atoms with Gasteiger partial charge in [-0.25, -0.2) is 0 Å². The van der Waals surface area contributed by atoms with Crippen molar-refractivity contribution in [3.8, 4) is 5.75 Å². The van der Waals surface area contributed by atoms with Crippen molar-refractivity contribution in [2.75, 3.05) is 26.3 Å². The van der Waals surface area contributed by atoms with Gasteiger partial charge in [-0.3, -0.25) is 4.79 Å². The molecule has 2 aromatic carbocycles. The van der Waals surface area contributed by atoms with Crippen LogP contribution in [-0.4, -0.2) is 43.2 Å². The molecule has 4 heteroatoms. The average Bonchev–Trinajstić information content (AvgIpc) is 2.60. The summed E-state index contributed by atoms with van der Waals surface area (Å²) < 4.78 is 11.5. The van der Waals surface area contributed by atoms with Crippen LogP contribution in [0.2, 0.25) is 0 Å². The maximum Gasteiger partial charge on any atom is 0.254 e. The van der Waals surface area contributed by atoms with Crippen LogP contribution in [0.4, 0.5) is 0 Å². The van der Waals surface area contributed by atoms with Crippen LogP contribution in [0.1, 0.15) is 15.9 Å². The molecule has 1 atom stereocenters. The zero-order chi connectivity index (χ0) is 16.1. The molecule has 1 aliphatic heterocycles. The molecule has 23 heavy (non-hydrogen) atoms. The molecule has 0 aliphatic carbocycles. The lowest BCUT2D eigenvalue weighted by Crippen LogP contribution is -2.47. The minimum absolute atomic E-state index is 0.0504. The van der Waals surface area contributed by atoms with Gasteiger partial charge in [-0.2, -0.15) is 0 Å². The molecule has 0 bridgehead atoms. The van der Waals surface area contributed by atoms with Gasteiger partial charge in [-0.15, -0.1) is 0 Å². The van der Waals surface area contributed by atoms with E-state index in [0.29, 0.717) is 31.9 Å². The molecule has 1 unspecified atom stereocenters. The van der Waals surface area contributed by atoms with Crippen molar-refractivity contribution in [2.45, 2.75) is 13.0 Å². The predicted molar refractivity (Wildman–Crippen MR) is 88.8 cm³/mol. The SMILES string of the molecule is Cc1cccc(OCC2CN(C(=O)c3ccccc3)CCO2)c1. The molecule has 1 fully saturated rings. The molecule has 3 rings (SSSR count). The van der Waals surface area contributed by atoms with Gasteiger partial charge in [0, 0.05) is 12.1 Å². The number of carbonyl (C=O) groups excluding carboxylic acids is 1. The fourth-order valence-electron chi connectivity index (χ4n) is 2.66. The van der Waals surface area contributed by atoms with Crippen molar-refractivity contribution in [1.29, 1.82) is 0 Å². The third kappa shape index (κ3) is 4.11. The number of carbonyl (C=O) groups is 1. The van der Waals surface area contributed by atoms with E-state index in [-0.39, 0.29) is 12.0 Å². The second kappa shape index (κ2) is 7.29. The number of nitrogens with zero attached hydrogens (tertiary/aromatic N) is 1. The number of ether oxygens (including phenoxy) is 2. The van der Waals surface area contributed by atoms with Crippen LogP contribution in [0.25, 0.3) is 0 Å². The van der Waals surface area contributed by atoms with Crippen molar-refractivity contribution in [2.24, 2.45) is 0 Å². The highest BCUT2D eigenvalue weighted by atomic mass is 16.5. The summed E-state index contributed by atoms with van der Waals surface area (Å²) in [5.74, 6) is 0.884. The van der Waals surface area contributed by atoms with Crippen molar-refractivity contribution in [3.05, 3.63) is 65.7 Å². The van der Waals surface area contributed by atoms with E-state index in [4.69, 9.17) is 9.47 Å². The monoisotopic (exact) mass is 311 g/mol. The topological polar surface area (TPSA) is 38.8 Å². The second-order valence-corrected chi connectivity index (χ2v) is 5.74. The Morgan fingerprint density at radius 1 is 1.22 bits per heavy atom. The number of morpholine rings is 1. The zero-order valence-corrected chi connectivity index (χ0v) is 13.3. The van der Waals surface area contributed by atoms with Gasteiger partial charge in [0.05, 0.1) is 13.2 Å². The summed E-state index contributed by atoms with van der Waals surface area (Å²) in [5.41, 5.74) is 1.88. The number of hydrogen-bond donors (Lipinski definition) is 0. The van der Waals surface area contributed by atoms with Gasteiger partial charge < -0.3 is 14.4 Å². The molecule has 1 saturated heterocycles. The Labute approximate surface area is 136 Å². The largest absolute Gasteiger partial charge is 0.491 e. The highest BCUT2D eigenvalue weighted by molar-refractivity contribution is 5.94. The van der Waals surface area contributed by atoms with E-state index in [2.05, 4.69) is 0 Å². The Kier molecular flexibility index (Phi) is 4.93. The van der Waals surface area contributed by atoms with Gasteiger partial charge in [0.2, 0.25) is 0 Å². The summed E-state index contributed by atoms with van der Waals surface area (Å²) in [6.45, 7) is 4.20. The number of rotatable bonds is 4. The third-order valence-electron chi connectivity index (χ3n) is 3.87. The van der Waals surface area contributed by atoms with E-state index in [0.717, 1.165) is 11.3 Å². The smallest absolute Gasteiger partial charge is 0.254 e. The highest BCUT2D eigenvalue weighted by Gasteiger charge is 2.25. The second-order valence-electron chi connectivity index (χ2n) is 5.74. The lowest BCUT2D eigenvalue weighted by Gasteiger charge is -2.33. The van der Waals surface area contributed by atoms with Gasteiger partial charge in [-0.05, 0) is 36.8 Å². The Morgan fingerprint density at radius 3 is 2.83 bits per heavy atom. The molecule has 1 amide bonds. The van der Waals surface area contributed by atoms with Crippen molar-refractivity contribution in [3.63, 3.8) is 0 Å². The summed E-state index contributed by atoms with van der Waals surface area (Å²) in [6, 6.07) is 17.3. The molecule has 4 nitrogen and oxygen atoms in total. The maximum atomic E-state index is 12.5. The Bertz CT molecular complexity index is 657. The fraction of sp³-hybridized carbons (Fsp3) is 0.316. The lowest BCUT2D eigenvalue weighted by atomic mass is 10.2. The van der Waals surface area contributed by atoms with Crippen LogP contribution in [0, 0.1) is 6.92 Å². The summed E-state index contributed by atoms with van der Waals surface area (Å²) in [5, 5.41) is 0. The zero-order valence-electron chi connectivity index (χ0n) is 13.3. The third-order valence-corrected chi connectivity index (χ3v) is 3.87. The van der Waals surface area contributed by atoms with Crippen LogP contribution in [0.15, 0.2) is 54.6 Å². The molecule has 1 heterocycles. The molecule has 0 spiro atoms. The Hall–Kier alpha value is -2.33. The molecule has 120 valence electrons. The molecular formula is C19H21NO3. The molecule has 1 aliphatic rings. The number of benzene rings is 2. The van der Waals surface area contributed by atoms with Crippen LogP contribution >= 0.6 is 0 Å². The van der Waals surface area contributed by atoms with Gasteiger partial charge >= 0.3 is 0 Å². The maximum absolute atomic E-state index is 12.5. The molecule has 0 N–H and O–H groups in total. The van der Waals surface area contributed by atoms with Crippen molar-refractivity contribution >= 4 is 5.91 Å².